The van der Waals surface area contributed by atoms with Crippen LogP contribution in [0.2, 0.25) is 0 Å². The minimum absolute atomic E-state index is 0.558. The molecule has 1 saturated carbocycles. The third-order valence-corrected chi connectivity index (χ3v) is 4.68. The second-order valence-electron chi connectivity index (χ2n) is 6.42. The van der Waals surface area contributed by atoms with Crippen LogP contribution in [-0.4, -0.2) is 49.8 Å². The normalized spacial score (nSPS) is 34.0. The first kappa shape index (κ1) is 12.9. The summed E-state index contributed by atoms with van der Waals surface area (Å²) in [7, 11) is 0. The van der Waals surface area contributed by atoms with E-state index in [4.69, 9.17) is 4.74 Å². The topological polar surface area (TPSA) is 24.5 Å². The molecular formula is C15H28N2O. The highest BCUT2D eigenvalue weighted by Crippen LogP contribution is 2.22. The van der Waals surface area contributed by atoms with Crippen molar-refractivity contribution in [2.75, 3.05) is 32.8 Å². The fourth-order valence-corrected chi connectivity index (χ4v) is 3.27. The maximum atomic E-state index is 5.81. The van der Waals surface area contributed by atoms with E-state index < -0.39 is 0 Å². The fraction of sp³-hybridized carbons (Fsp3) is 1.00. The maximum Gasteiger partial charge on any atom is 0.0587 e. The van der Waals surface area contributed by atoms with Gasteiger partial charge in [0.05, 0.1) is 6.10 Å². The Hall–Kier alpha value is -0.120. The SMILES string of the molecule is C1CCC(CCN2CCC(CNC3CC3)C2)OC1. The maximum absolute atomic E-state index is 5.81. The summed E-state index contributed by atoms with van der Waals surface area (Å²) in [5.74, 6) is 0.901. The lowest BCUT2D eigenvalue weighted by Crippen LogP contribution is -2.30. The van der Waals surface area contributed by atoms with Crippen molar-refractivity contribution >= 4 is 0 Å². The van der Waals surface area contributed by atoms with Gasteiger partial charge in [0.25, 0.3) is 0 Å². The number of nitrogens with zero attached hydrogens (tertiary/aromatic N) is 1. The summed E-state index contributed by atoms with van der Waals surface area (Å²) in [5.41, 5.74) is 0. The van der Waals surface area contributed by atoms with Gasteiger partial charge in [0.15, 0.2) is 0 Å². The van der Waals surface area contributed by atoms with E-state index in [1.807, 2.05) is 0 Å². The van der Waals surface area contributed by atoms with E-state index in [1.165, 1.54) is 71.1 Å². The first-order valence-corrected chi connectivity index (χ1v) is 7.97. The number of likely N-dealkylation sites (tertiary alicyclic amines) is 1. The Labute approximate surface area is 111 Å². The second-order valence-corrected chi connectivity index (χ2v) is 6.42. The standard InChI is InChI=1S/C15H28N2O/c1-2-10-18-15(3-1)7-9-17-8-6-13(12-17)11-16-14-4-5-14/h13-16H,1-12H2. The zero-order valence-corrected chi connectivity index (χ0v) is 11.6. The summed E-state index contributed by atoms with van der Waals surface area (Å²) in [6.07, 6.45) is 9.97. The second kappa shape index (κ2) is 6.36. The highest BCUT2D eigenvalue weighted by Gasteiger charge is 2.26. The summed E-state index contributed by atoms with van der Waals surface area (Å²) in [6.45, 7) is 6.13. The van der Waals surface area contributed by atoms with E-state index in [2.05, 4.69) is 10.2 Å². The number of ether oxygens (including phenoxy) is 1. The van der Waals surface area contributed by atoms with Crippen molar-refractivity contribution in [2.45, 2.75) is 57.1 Å². The molecule has 0 spiro atoms. The molecule has 0 aromatic heterocycles. The first-order chi connectivity index (χ1) is 8.90. The van der Waals surface area contributed by atoms with E-state index in [0.29, 0.717) is 6.10 Å². The summed E-state index contributed by atoms with van der Waals surface area (Å²) in [4.78, 5) is 2.65. The monoisotopic (exact) mass is 252 g/mol. The van der Waals surface area contributed by atoms with Crippen molar-refractivity contribution in [3.63, 3.8) is 0 Å². The van der Waals surface area contributed by atoms with Gasteiger partial charge in [-0.3, -0.25) is 0 Å². The average Bonchev–Trinajstić information content (AvgIpc) is 3.14. The van der Waals surface area contributed by atoms with Crippen LogP contribution < -0.4 is 5.32 Å². The largest absolute Gasteiger partial charge is 0.378 e. The molecule has 2 heterocycles. The third-order valence-electron chi connectivity index (χ3n) is 4.68. The van der Waals surface area contributed by atoms with Crippen molar-refractivity contribution in [1.29, 1.82) is 0 Å². The molecule has 0 aromatic rings. The lowest BCUT2D eigenvalue weighted by molar-refractivity contribution is 0.00649. The summed E-state index contributed by atoms with van der Waals surface area (Å²) in [5, 5.41) is 3.67. The Balaban J connectivity index is 1.29. The van der Waals surface area contributed by atoms with Crippen LogP contribution in [-0.2, 0) is 4.74 Å². The van der Waals surface area contributed by atoms with Crippen molar-refractivity contribution in [2.24, 2.45) is 5.92 Å². The Morgan fingerprint density at radius 2 is 2.06 bits per heavy atom. The van der Waals surface area contributed by atoms with Crippen molar-refractivity contribution in [1.82, 2.24) is 10.2 Å². The zero-order chi connectivity index (χ0) is 12.2. The molecular weight excluding hydrogens is 224 g/mol. The van der Waals surface area contributed by atoms with Crippen LogP contribution in [0.15, 0.2) is 0 Å². The summed E-state index contributed by atoms with van der Waals surface area (Å²) < 4.78 is 5.81. The van der Waals surface area contributed by atoms with Crippen LogP contribution in [0.3, 0.4) is 0 Å². The van der Waals surface area contributed by atoms with Gasteiger partial charge in [0.1, 0.15) is 0 Å². The van der Waals surface area contributed by atoms with Gasteiger partial charge in [-0.1, -0.05) is 0 Å². The van der Waals surface area contributed by atoms with Crippen molar-refractivity contribution in [3.8, 4) is 0 Å². The summed E-state index contributed by atoms with van der Waals surface area (Å²) >= 11 is 0. The lowest BCUT2D eigenvalue weighted by Gasteiger charge is -2.25. The van der Waals surface area contributed by atoms with Crippen LogP contribution in [0.5, 0.6) is 0 Å². The Bertz CT molecular complexity index is 249. The van der Waals surface area contributed by atoms with Gasteiger partial charge < -0.3 is 15.0 Å². The molecule has 3 rings (SSSR count). The van der Waals surface area contributed by atoms with Gasteiger partial charge in [-0.05, 0) is 64.0 Å². The van der Waals surface area contributed by atoms with Crippen LogP contribution in [0, 0.1) is 5.92 Å². The molecule has 3 fully saturated rings. The molecule has 0 aromatic carbocycles. The van der Waals surface area contributed by atoms with Gasteiger partial charge >= 0.3 is 0 Å². The van der Waals surface area contributed by atoms with Gasteiger partial charge in [0, 0.05) is 25.7 Å². The highest BCUT2D eigenvalue weighted by atomic mass is 16.5. The molecule has 1 N–H and O–H groups in total. The predicted octanol–water partition coefficient (Wildman–Crippen LogP) is 2.02. The van der Waals surface area contributed by atoms with E-state index in [1.54, 1.807) is 0 Å². The quantitative estimate of drug-likeness (QED) is 0.783. The van der Waals surface area contributed by atoms with Crippen LogP contribution in [0.4, 0.5) is 0 Å². The first-order valence-electron chi connectivity index (χ1n) is 7.97. The molecule has 2 saturated heterocycles. The van der Waals surface area contributed by atoms with Crippen LogP contribution in [0.25, 0.3) is 0 Å². The molecule has 0 radical (unpaired) electrons. The molecule has 18 heavy (non-hydrogen) atoms. The Morgan fingerprint density at radius 1 is 1.11 bits per heavy atom. The number of hydrogen-bond donors (Lipinski definition) is 1. The van der Waals surface area contributed by atoms with E-state index in [9.17, 15) is 0 Å². The predicted molar refractivity (Wildman–Crippen MR) is 73.8 cm³/mol. The smallest absolute Gasteiger partial charge is 0.0587 e. The fourth-order valence-electron chi connectivity index (χ4n) is 3.27. The van der Waals surface area contributed by atoms with Gasteiger partial charge in [-0.25, -0.2) is 0 Å². The average molecular weight is 252 g/mol. The molecule has 0 bridgehead atoms. The molecule has 3 heteroatoms. The Morgan fingerprint density at radius 3 is 2.83 bits per heavy atom. The molecule has 0 amide bonds. The zero-order valence-electron chi connectivity index (χ0n) is 11.6. The number of rotatable bonds is 6. The molecule has 3 aliphatic rings. The van der Waals surface area contributed by atoms with Crippen LogP contribution in [0.1, 0.15) is 44.9 Å². The Kier molecular flexibility index (Phi) is 4.55. The van der Waals surface area contributed by atoms with Gasteiger partial charge in [0.2, 0.25) is 0 Å². The van der Waals surface area contributed by atoms with E-state index in [-0.39, 0.29) is 0 Å². The van der Waals surface area contributed by atoms with Crippen LogP contribution >= 0.6 is 0 Å². The molecule has 104 valence electrons. The number of nitrogens with one attached hydrogen (secondary N) is 1. The minimum Gasteiger partial charge on any atom is -0.378 e. The van der Waals surface area contributed by atoms with E-state index >= 15 is 0 Å². The third kappa shape index (κ3) is 3.94. The molecule has 2 atom stereocenters. The molecule has 3 nitrogen and oxygen atoms in total. The van der Waals surface area contributed by atoms with Crippen molar-refractivity contribution in [3.05, 3.63) is 0 Å². The van der Waals surface area contributed by atoms with Gasteiger partial charge in [-0.2, -0.15) is 0 Å². The molecule has 2 unspecified atom stereocenters. The van der Waals surface area contributed by atoms with E-state index in [0.717, 1.165) is 18.6 Å². The highest BCUT2D eigenvalue weighted by molar-refractivity contribution is 4.84. The molecule has 1 aliphatic carbocycles. The van der Waals surface area contributed by atoms with Crippen molar-refractivity contribution < 1.29 is 4.74 Å². The number of hydrogen-bond acceptors (Lipinski definition) is 3. The molecule has 2 aliphatic heterocycles. The minimum atomic E-state index is 0.558. The van der Waals surface area contributed by atoms with Gasteiger partial charge in [-0.15, -0.1) is 0 Å². The summed E-state index contributed by atoms with van der Waals surface area (Å²) in [6, 6.07) is 0.870. The lowest BCUT2D eigenvalue weighted by atomic mass is 10.1.